The molecule has 0 unspecified atom stereocenters. The van der Waals surface area contributed by atoms with Crippen LogP contribution >= 0.6 is 24.0 Å². The molecule has 2 aromatic carbocycles. The first kappa shape index (κ1) is 20.0. The molecule has 0 fully saturated rings. The molecule has 0 spiro atoms. The zero-order valence-corrected chi connectivity index (χ0v) is 17.2. The van der Waals surface area contributed by atoms with Crippen LogP contribution in [0.3, 0.4) is 0 Å². The lowest BCUT2D eigenvalue weighted by atomic mass is 10.2. The second kappa shape index (κ2) is 9.37. The predicted octanol–water partition coefficient (Wildman–Crippen LogP) is 3.24. The van der Waals surface area contributed by atoms with Gasteiger partial charge >= 0.3 is 0 Å². The highest BCUT2D eigenvalue weighted by molar-refractivity contribution is 14.0. The number of fused-ring (bicyclic) bond motifs is 1. The second-order valence-corrected chi connectivity index (χ2v) is 5.31. The lowest BCUT2D eigenvalue weighted by Gasteiger charge is -2.14. The summed E-state index contributed by atoms with van der Waals surface area (Å²) in [5, 5.41) is 6.49. The summed E-state index contributed by atoms with van der Waals surface area (Å²) in [6.45, 7) is 0.873. The molecule has 0 saturated carbocycles. The van der Waals surface area contributed by atoms with Crippen LogP contribution in [0.15, 0.2) is 41.4 Å². The number of benzene rings is 2. The number of nitrogens with one attached hydrogen (secondary N) is 2. The highest BCUT2D eigenvalue weighted by Gasteiger charge is 2.13. The van der Waals surface area contributed by atoms with Crippen molar-refractivity contribution in [1.82, 2.24) is 5.32 Å². The van der Waals surface area contributed by atoms with E-state index in [0.717, 1.165) is 22.7 Å². The zero-order valence-electron chi connectivity index (χ0n) is 14.9. The Labute approximate surface area is 169 Å². The Hall–Kier alpha value is -2.36. The summed E-state index contributed by atoms with van der Waals surface area (Å²) < 4.78 is 21.3. The van der Waals surface area contributed by atoms with Gasteiger partial charge in [-0.25, -0.2) is 0 Å². The number of rotatable bonds is 5. The van der Waals surface area contributed by atoms with Gasteiger partial charge in [-0.15, -0.1) is 24.0 Å². The Morgan fingerprint density at radius 3 is 2.54 bits per heavy atom. The summed E-state index contributed by atoms with van der Waals surface area (Å²) in [5.74, 6) is 3.51. The summed E-state index contributed by atoms with van der Waals surface area (Å²) in [6.07, 6.45) is 0. The maximum absolute atomic E-state index is 5.39. The molecule has 1 aliphatic heterocycles. The molecule has 0 saturated heterocycles. The molecule has 1 heterocycles. The third kappa shape index (κ3) is 4.63. The summed E-state index contributed by atoms with van der Waals surface area (Å²) in [5.41, 5.74) is 1.91. The maximum atomic E-state index is 5.39. The van der Waals surface area contributed by atoms with Crippen molar-refractivity contribution in [3.05, 3.63) is 42.0 Å². The van der Waals surface area contributed by atoms with Crippen LogP contribution in [0.25, 0.3) is 0 Å². The summed E-state index contributed by atoms with van der Waals surface area (Å²) >= 11 is 0. The van der Waals surface area contributed by atoms with Gasteiger partial charge in [0.2, 0.25) is 6.79 Å². The first-order chi connectivity index (χ1) is 12.2. The lowest BCUT2D eigenvalue weighted by Crippen LogP contribution is -2.30. The first-order valence-electron chi connectivity index (χ1n) is 7.81. The molecular weight excluding hydrogens is 449 g/mol. The van der Waals surface area contributed by atoms with Crippen LogP contribution in [0.2, 0.25) is 0 Å². The number of nitrogens with zero attached hydrogens (tertiary/aromatic N) is 1. The largest absolute Gasteiger partial charge is 0.493 e. The third-order valence-corrected chi connectivity index (χ3v) is 3.77. The molecule has 8 heteroatoms. The van der Waals surface area contributed by atoms with Crippen LogP contribution in [-0.4, -0.2) is 34.0 Å². The quantitative estimate of drug-likeness (QED) is 0.397. The number of hydrogen-bond donors (Lipinski definition) is 2. The van der Waals surface area contributed by atoms with Gasteiger partial charge in [0.1, 0.15) is 0 Å². The third-order valence-electron chi connectivity index (χ3n) is 3.77. The molecule has 7 nitrogen and oxygen atoms in total. The molecular formula is C18H22IN3O4. The van der Waals surface area contributed by atoms with Crippen LogP contribution in [0.5, 0.6) is 23.0 Å². The van der Waals surface area contributed by atoms with Crippen molar-refractivity contribution in [3.8, 4) is 23.0 Å². The maximum Gasteiger partial charge on any atom is 0.231 e. The fourth-order valence-corrected chi connectivity index (χ4v) is 2.47. The van der Waals surface area contributed by atoms with E-state index in [1.165, 1.54) is 0 Å². The van der Waals surface area contributed by atoms with E-state index in [0.29, 0.717) is 24.0 Å². The number of guanidine groups is 1. The van der Waals surface area contributed by atoms with E-state index in [9.17, 15) is 0 Å². The van der Waals surface area contributed by atoms with Crippen molar-refractivity contribution in [2.75, 3.05) is 33.4 Å². The van der Waals surface area contributed by atoms with E-state index < -0.39 is 0 Å². The SMILES string of the molecule is CN=C(NCc1ccc2c(c1)OCO2)Nc1ccc(OC)c(OC)c1.I. The van der Waals surface area contributed by atoms with E-state index >= 15 is 0 Å². The fraction of sp³-hybridized carbons (Fsp3) is 0.278. The normalized spacial score (nSPS) is 12.2. The lowest BCUT2D eigenvalue weighted by molar-refractivity contribution is 0.174. The molecule has 0 radical (unpaired) electrons. The Balaban J connectivity index is 0.00000243. The van der Waals surface area contributed by atoms with E-state index in [4.69, 9.17) is 18.9 Å². The Morgan fingerprint density at radius 2 is 1.81 bits per heavy atom. The monoisotopic (exact) mass is 471 g/mol. The van der Waals surface area contributed by atoms with Gasteiger partial charge in [0.15, 0.2) is 29.0 Å². The molecule has 0 amide bonds. The summed E-state index contributed by atoms with van der Waals surface area (Å²) in [7, 11) is 4.93. The van der Waals surface area contributed by atoms with Gasteiger partial charge in [-0.1, -0.05) is 6.07 Å². The van der Waals surface area contributed by atoms with Crippen molar-refractivity contribution in [1.29, 1.82) is 0 Å². The Kier molecular flexibility index (Phi) is 7.19. The molecule has 0 aromatic heterocycles. The summed E-state index contributed by atoms with van der Waals surface area (Å²) in [4.78, 5) is 4.24. The standard InChI is InChI=1S/C18H21N3O4.HI/c1-19-18(21-13-5-7-14(22-2)16(9-13)23-3)20-10-12-4-6-15-17(8-12)25-11-24-15;/h4-9H,10-11H2,1-3H3,(H2,19,20,21);1H. The van der Waals surface area contributed by atoms with E-state index in [1.807, 2.05) is 36.4 Å². The number of aliphatic imine (C=N–C) groups is 1. The van der Waals surface area contributed by atoms with Crippen molar-refractivity contribution in [2.24, 2.45) is 4.99 Å². The van der Waals surface area contributed by atoms with Gasteiger partial charge in [0.25, 0.3) is 0 Å². The van der Waals surface area contributed by atoms with Crippen LogP contribution < -0.4 is 29.6 Å². The summed E-state index contributed by atoms with van der Waals surface area (Å²) in [6, 6.07) is 11.4. The molecule has 26 heavy (non-hydrogen) atoms. The minimum Gasteiger partial charge on any atom is -0.493 e. The van der Waals surface area contributed by atoms with Crippen molar-refractivity contribution < 1.29 is 18.9 Å². The van der Waals surface area contributed by atoms with E-state index in [1.54, 1.807) is 21.3 Å². The number of methoxy groups -OCH3 is 2. The van der Waals surface area contributed by atoms with Gasteiger partial charge < -0.3 is 29.6 Å². The molecule has 140 valence electrons. The minimum absolute atomic E-state index is 0. The van der Waals surface area contributed by atoms with E-state index in [2.05, 4.69) is 15.6 Å². The number of anilines is 1. The average molecular weight is 471 g/mol. The van der Waals surface area contributed by atoms with Gasteiger partial charge in [0.05, 0.1) is 14.2 Å². The highest BCUT2D eigenvalue weighted by atomic mass is 127. The predicted molar refractivity (Wildman–Crippen MR) is 111 cm³/mol. The van der Waals surface area contributed by atoms with Crippen molar-refractivity contribution >= 4 is 35.6 Å². The minimum atomic E-state index is 0. The second-order valence-electron chi connectivity index (χ2n) is 5.31. The van der Waals surface area contributed by atoms with Gasteiger partial charge in [-0.3, -0.25) is 4.99 Å². The zero-order chi connectivity index (χ0) is 17.6. The molecule has 3 rings (SSSR count). The molecule has 2 aromatic rings. The van der Waals surface area contributed by atoms with Gasteiger partial charge in [-0.2, -0.15) is 0 Å². The van der Waals surface area contributed by atoms with Crippen LogP contribution in [0, 0.1) is 0 Å². The average Bonchev–Trinajstić information content (AvgIpc) is 3.12. The number of ether oxygens (including phenoxy) is 4. The fourth-order valence-electron chi connectivity index (χ4n) is 2.47. The van der Waals surface area contributed by atoms with Crippen molar-refractivity contribution in [3.63, 3.8) is 0 Å². The molecule has 0 bridgehead atoms. The first-order valence-corrected chi connectivity index (χ1v) is 7.81. The van der Waals surface area contributed by atoms with Gasteiger partial charge in [-0.05, 0) is 29.8 Å². The highest BCUT2D eigenvalue weighted by Crippen LogP contribution is 2.32. The Bertz CT molecular complexity index is 783. The molecule has 2 N–H and O–H groups in total. The molecule has 0 atom stereocenters. The number of halogens is 1. The van der Waals surface area contributed by atoms with Crippen LogP contribution in [0.4, 0.5) is 5.69 Å². The molecule has 1 aliphatic rings. The van der Waals surface area contributed by atoms with Crippen molar-refractivity contribution in [2.45, 2.75) is 6.54 Å². The molecule has 0 aliphatic carbocycles. The topological polar surface area (TPSA) is 73.3 Å². The van der Waals surface area contributed by atoms with Gasteiger partial charge in [0, 0.05) is 25.3 Å². The van der Waals surface area contributed by atoms with Crippen LogP contribution in [-0.2, 0) is 6.54 Å². The van der Waals surface area contributed by atoms with Crippen LogP contribution in [0.1, 0.15) is 5.56 Å². The number of hydrogen-bond acceptors (Lipinski definition) is 5. The smallest absolute Gasteiger partial charge is 0.231 e. The van der Waals surface area contributed by atoms with E-state index in [-0.39, 0.29) is 30.8 Å². The Morgan fingerprint density at radius 1 is 1.04 bits per heavy atom.